The first-order chi connectivity index (χ1) is 8.97. The Hall–Kier alpha value is 1.36. The molecule has 0 aromatic carbocycles. The molecule has 0 saturated carbocycles. The Kier molecular flexibility index (Phi) is 9.46. The SMILES string of the molecule is CCB(CC)/C(CC)=[C](/C(C)[O][Sn]([CH3])([CH3])[CH3])[Sn]([CH3])([CH3])[CH3]. The van der Waals surface area contributed by atoms with Crippen molar-refractivity contribution in [2.75, 3.05) is 0 Å². The van der Waals surface area contributed by atoms with Gasteiger partial charge in [0.2, 0.25) is 0 Å². The van der Waals surface area contributed by atoms with Gasteiger partial charge in [0, 0.05) is 0 Å². The van der Waals surface area contributed by atoms with E-state index in [0.717, 1.165) is 6.71 Å². The van der Waals surface area contributed by atoms with Gasteiger partial charge in [-0.25, -0.2) is 0 Å². The summed E-state index contributed by atoms with van der Waals surface area (Å²) < 4.78 is 8.33. The molecule has 0 N–H and O–H groups in total. The molecule has 1 nitrogen and oxygen atoms in total. The Morgan fingerprint density at radius 3 is 1.65 bits per heavy atom. The molecule has 0 aromatic rings. The van der Waals surface area contributed by atoms with Gasteiger partial charge in [-0.05, 0) is 0 Å². The summed E-state index contributed by atoms with van der Waals surface area (Å²) in [5, 5.41) is 0. The minimum absolute atomic E-state index is 0.372. The molecule has 118 valence electrons. The van der Waals surface area contributed by atoms with Crippen molar-refractivity contribution in [3.05, 3.63) is 9.06 Å². The predicted molar refractivity (Wildman–Crippen MR) is 101 cm³/mol. The van der Waals surface area contributed by atoms with E-state index in [9.17, 15) is 0 Å². The molecule has 0 amide bonds. The van der Waals surface area contributed by atoms with Crippen LogP contribution in [0.1, 0.15) is 34.1 Å². The fourth-order valence-corrected chi connectivity index (χ4v) is 15.2. The van der Waals surface area contributed by atoms with E-state index in [-0.39, 0.29) is 0 Å². The second-order valence-corrected chi connectivity index (χ2v) is 35.0. The molecule has 0 bridgehead atoms. The van der Waals surface area contributed by atoms with Crippen molar-refractivity contribution in [3.63, 3.8) is 0 Å². The van der Waals surface area contributed by atoms with Crippen LogP contribution in [0.15, 0.2) is 9.06 Å². The molecule has 1 unspecified atom stereocenters. The van der Waals surface area contributed by atoms with Crippen molar-refractivity contribution in [1.82, 2.24) is 0 Å². The van der Waals surface area contributed by atoms with Crippen molar-refractivity contribution in [2.24, 2.45) is 0 Å². The topological polar surface area (TPSA) is 9.23 Å². The molecule has 0 aliphatic carbocycles. The molecule has 0 heterocycles. The van der Waals surface area contributed by atoms with Crippen LogP contribution < -0.4 is 0 Å². The van der Waals surface area contributed by atoms with E-state index in [2.05, 4.69) is 57.3 Å². The molecule has 0 spiro atoms. The number of hydrogen-bond acceptors (Lipinski definition) is 1. The van der Waals surface area contributed by atoms with Crippen LogP contribution in [-0.2, 0) is 3.07 Å². The van der Waals surface area contributed by atoms with E-state index in [1.807, 2.05) is 0 Å². The van der Waals surface area contributed by atoms with Crippen LogP contribution in [0.2, 0.25) is 42.3 Å². The standard InChI is InChI=1S/C10H19BO.6CH3.2Sn/c1-5-10(8-9(4)12)11(6-2)7-3;;;;;;;;/h9H,5-7H2,1-4H3;6*1H3;;/q-1;;;;;;;;+1. The first-order valence-electron chi connectivity index (χ1n) is 8.39. The predicted octanol–water partition coefficient (Wildman–Crippen LogP) is 5.88. The van der Waals surface area contributed by atoms with E-state index in [1.54, 1.807) is 9.06 Å². The summed E-state index contributed by atoms with van der Waals surface area (Å²) in [6.07, 6.45) is 4.13. The Morgan fingerprint density at radius 1 is 0.950 bits per heavy atom. The van der Waals surface area contributed by atoms with Crippen LogP contribution in [0.5, 0.6) is 0 Å². The van der Waals surface area contributed by atoms with Gasteiger partial charge in [0.15, 0.2) is 0 Å². The van der Waals surface area contributed by atoms with Gasteiger partial charge >= 0.3 is 139 Å². The average Bonchev–Trinajstić information content (AvgIpc) is 2.24. The third kappa shape index (κ3) is 7.08. The fourth-order valence-electron chi connectivity index (χ4n) is 3.42. The zero-order chi connectivity index (χ0) is 16.1. The van der Waals surface area contributed by atoms with Crippen molar-refractivity contribution in [3.8, 4) is 0 Å². The summed E-state index contributed by atoms with van der Waals surface area (Å²) in [5.74, 6) is 0. The van der Waals surface area contributed by atoms with E-state index in [4.69, 9.17) is 3.07 Å². The monoisotopic (exact) mass is 496 g/mol. The molecular weight excluding hydrogens is 456 g/mol. The van der Waals surface area contributed by atoms with Crippen LogP contribution in [0.3, 0.4) is 0 Å². The quantitative estimate of drug-likeness (QED) is 0.384. The van der Waals surface area contributed by atoms with Crippen LogP contribution in [-0.4, -0.2) is 50.0 Å². The van der Waals surface area contributed by atoms with Gasteiger partial charge in [0.05, 0.1) is 0 Å². The van der Waals surface area contributed by atoms with Crippen molar-refractivity contribution < 1.29 is 3.07 Å². The van der Waals surface area contributed by atoms with Gasteiger partial charge in [0.25, 0.3) is 0 Å². The maximum absolute atomic E-state index is 6.55. The first kappa shape index (κ1) is 21.4. The number of allylic oxidation sites excluding steroid dienone is 1. The second-order valence-electron chi connectivity index (χ2n) is 7.93. The van der Waals surface area contributed by atoms with Gasteiger partial charge in [0.1, 0.15) is 0 Å². The molecule has 0 aromatic heterocycles. The molecule has 0 rings (SSSR count). The van der Waals surface area contributed by atoms with E-state index in [1.165, 1.54) is 19.1 Å². The molecule has 0 aliphatic rings. The van der Waals surface area contributed by atoms with Crippen molar-refractivity contribution in [2.45, 2.75) is 82.5 Å². The molecular formula is C16H37BOSn2. The van der Waals surface area contributed by atoms with Gasteiger partial charge in [-0.15, -0.1) is 0 Å². The summed E-state index contributed by atoms with van der Waals surface area (Å²) in [7, 11) is 0. The normalized spacial score (nSPS) is 15.9. The third-order valence-corrected chi connectivity index (χ3v) is 13.7. The third-order valence-electron chi connectivity index (χ3n) is 3.95. The molecule has 0 fully saturated rings. The van der Waals surface area contributed by atoms with Crippen molar-refractivity contribution in [1.29, 1.82) is 0 Å². The van der Waals surface area contributed by atoms with Crippen LogP contribution in [0.25, 0.3) is 0 Å². The van der Waals surface area contributed by atoms with Crippen LogP contribution in [0, 0.1) is 0 Å². The van der Waals surface area contributed by atoms with E-state index >= 15 is 0 Å². The molecule has 20 heavy (non-hydrogen) atoms. The Balaban J connectivity index is 5.74. The molecule has 0 aliphatic heterocycles. The summed E-state index contributed by atoms with van der Waals surface area (Å²) >= 11 is -4.33. The molecule has 0 radical (unpaired) electrons. The average molecular weight is 494 g/mol. The van der Waals surface area contributed by atoms with Gasteiger partial charge < -0.3 is 0 Å². The zero-order valence-electron chi connectivity index (χ0n) is 15.7. The summed E-state index contributed by atoms with van der Waals surface area (Å²) in [6, 6.07) is 0. The summed E-state index contributed by atoms with van der Waals surface area (Å²) in [6.45, 7) is 10.1. The summed E-state index contributed by atoms with van der Waals surface area (Å²) in [5.41, 5.74) is 1.75. The number of rotatable bonds is 8. The van der Waals surface area contributed by atoms with Gasteiger partial charge in [-0.3, -0.25) is 0 Å². The summed E-state index contributed by atoms with van der Waals surface area (Å²) in [4.78, 5) is 14.8. The van der Waals surface area contributed by atoms with E-state index in [0.29, 0.717) is 6.10 Å². The minimum atomic E-state index is -2.20. The first-order valence-corrected chi connectivity index (χ1v) is 28.1. The fraction of sp³-hybridized carbons (Fsp3) is 0.875. The Labute approximate surface area is 137 Å². The Morgan fingerprint density at radius 2 is 1.40 bits per heavy atom. The molecule has 1 atom stereocenters. The second kappa shape index (κ2) is 8.85. The van der Waals surface area contributed by atoms with Crippen LogP contribution >= 0.6 is 0 Å². The van der Waals surface area contributed by atoms with Crippen LogP contribution in [0.4, 0.5) is 0 Å². The van der Waals surface area contributed by atoms with Gasteiger partial charge in [-0.2, -0.15) is 0 Å². The van der Waals surface area contributed by atoms with Crippen molar-refractivity contribution >= 4 is 43.9 Å². The number of hydrogen-bond donors (Lipinski definition) is 0. The van der Waals surface area contributed by atoms with E-state index < -0.39 is 37.2 Å². The zero-order valence-corrected chi connectivity index (χ0v) is 21.4. The van der Waals surface area contributed by atoms with Gasteiger partial charge in [-0.1, -0.05) is 0 Å². The molecule has 4 heteroatoms. The molecule has 0 saturated heterocycles. The maximum atomic E-state index is 6.55. The Bertz CT molecular complexity index is 322.